The van der Waals surface area contributed by atoms with E-state index in [-0.39, 0.29) is 5.91 Å². The first kappa shape index (κ1) is 15.5. The minimum atomic E-state index is -0.519. The molecule has 1 aromatic carbocycles. The zero-order valence-corrected chi connectivity index (χ0v) is 13.6. The smallest absolute Gasteiger partial charge is 0.267 e. The molecule has 0 fully saturated rings. The first-order valence-corrected chi connectivity index (χ1v) is 7.84. The van der Waals surface area contributed by atoms with Crippen molar-refractivity contribution in [3.8, 4) is 5.75 Å². The summed E-state index contributed by atoms with van der Waals surface area (Å²) in [5, 5.41) is 5.33. The molecule has 0 saturated carbocycles. The Labute approximate surface area is 129 Å². The highest BCUT2D eigenvalue weighted by molar-refractivity contribution is 7.13. The summed E-state index contributed by atoms with van der Waals surface area (Å²) in [4.78, 5) is 16.5. The number of carbonyl (C=O) groups excluding carboxylic acids is 1. The van der Waals surface area contributed by atoms with Gasteiger partial charge < -0.3 is 4.74 Å². The molecule has 1 N–H and O–H groups in total. The van der Waals surface area contributed by atoms with Crippen molar-refractivity contribution in [3.05, 3.63) is 40.4 Å². The van der Waals surface area contributed by atoms with Crippen molar-refractivity contribution in [1.82, 2.24) is 4.98 Å². The van der Waals surface area contributed by atoms with Crippen LogP contribution < -0.4 is 10.1 Å². The standard InChI is InChI=1S/C16H20N2O2S/c1-5-13(15(19)18-16-17-12(4)9-21-16)20-14-8-10(2)6-7-11(14)3/h6-9,13H,5H2,1-4H3,(H,17,18,19)/t13-/m0/s1. The summed E-state index contributed by atoms with van der Waals surface area (Å²) < 4.78 is 5.88. The van der Waals surface area contributed by atoms with Crippen LogP contribution in [-0.2, 0) is 4.79 Å². The van der Waals surface area contributed by atoms with E-state index in [2.05, 4.69) is 10.3 Å². The lowest BCUT2D eigenvalue weighted by atomic mass is 10.1. The van der Waals surface area contributed by atoms with Gasteiger partial charge in [0.05, 0.1) is 5.69 Å². The van der Waals surface area contributed by atoms with E-state index in [4.69, 9.17) is 4.74 Å². The van der Waals surface area contributed by atoms with Crippen LogP contribution in [-0.4, -0.2) is 17.0 Å². The van der Waals surface area contributed by atoms with Crippen LogP contribution in [0.5, 0.6) is 5.75 Å². The minimum Gasteiger partial charge on any atom is -0.480 e. The maximum absolute atomic E-state index is 12.3. The van der Waals surface area contributed by atoms with Crippen LogP contribution in [0.2, 0.25) is 0 Å². The predicted molar refractivity (Wildman–Crippen MR) is 86.1 cm³/mol. The third kappa shape index (κ3) is 4.04. The van der Waals surface area contributed by atoms with Gasteiger partial charge in [-0.3, -0.25) is 10.1 Å². The van der Waals surface area contributed by atoms with Crippen molar-refractivity contribution in [2.75, 3.05) is 5.32 Å². The van der Waals surface area contributed by atoms with Crippen molar-refractivity contribution in [1.29, 1.82) is 0 Å². The van der Waals surface area contributed by atoms with Crippen molar-refractivity contribution < 1.29 is 9.53 Å². The molecule has 1 atom stereocenters. The van der Waals surface area contributed by atoms with Gasteiger partial charge >= 0.3 is 0 Å². The Balaban J connectivity index is 2.08. The van der Waals surface area contributed by atoms with E-state index >= 15 is 0 Å². The van der Waals surface area contributed by atoms with Gasteiger partial charge in [-0.2, -0.15) is 0 Å². The third-order valence-electron chi connectivity index (χ3n) is 3.13. The predicted octanol–water partition coefficient (Wildman–Crippen LogP) is 3.86. The molecular formula is C16H20N2O2S. The van der Waals surface area contributed by atoms with E-state index in [0.717, 1.165) is 22.6 Å². The molecule has 1 heterocycles. The number of hydrogen-bond acceptors (Lipinski definition) is 4. The molecule has 0 aliphatic carbocycles. The molecule has 2 rings (SSSR count). The number of nitrogens with one attached hydrogen (secondary N) is 1. The molecule has 4 nitrogen and oxygen atoms in total. The Morgan fingerprint density at radius 2 is 2.14 bits per heavy atom. The summed E-state index contributed by atoms with van der Waals surface area (Å²) in [5.41, 5.74) is 3.04. The largest absolute Gasteiger partial charge is 0.480 e. The van der Waals surface area contributed by atoms with Gasteiger partial charge in [0.25, 0.3) is 5.91 Å². The molecule has 0 saturated heterocycles. The maximum Gasteiger partial charge on any atom is 0.267 e. The van der Waals surface area contributed by atoms with Gasteiger partial charge in [0.1, 0.15) is 5.75 Å². The average Bonchev–Trinajstić information content (AvgIpc) is 2.84. The fourth-order valence-corrected chi connectivity index (χ4v) is 2.60. The topological polar surface area (TPSA) is 51.2 Å². The Bertz CT molecular complexity index is 637. The van der Waals surface area contributed by atoms with Crippen LogP contribution in [0.4, 0.5) is 5.13 Å². The molecule has 2 aromatic rings. The summed E-state index contributed by atoms with van der Waals surface area (Å²) in [6.45, 7) is 7.81. The number of aromatic nitrogens is 1. The number of hydrogen-bond donors (Lipinski definition) is 1. The van der Waals surface area contributed by atoms with Gasteiger partial charge in [0.15, 0.2) is 11.2 Å². The highest BCUT2D eigenvalue weighted by Crippen LogP contribution is 2.22. The molecule has 1 amide bonds. The number of anilines is 1. The van der Waals surface area contributed by atoms with Gasteiger partial charge in [0, 0.05) is 5.38 Å². The minimum absolute atomic E-state index is 0.159. The first-order chi connectivity index (χ1) is 9.99. The highest BCUT2D eigenvalue weighted by Gasteiger charge is 2.20. The number of ether oxygens (including phenoxy) is 1. The van der Waals surface area contributed by atoms with E-state index in [1.165, 1.54) is 11.3 Å². The second kappa shape index (κ2) is 6.72. The summed E-state index contributed by atoms with van der Waals surface area (Å²) >= 11 is 1.42. The van der Waals surface area contributed by atoms with Gasteiger partial charge in [0.2, 0.25) is 0 Å². The van der Waals surface area contributed by atoms with Crippen molar-refractivity contribution in [2.24, 2.45) is 0 Å². The van der Waals surface area contributed by atoms with Crippen LogP contribution in [0.25, 0.3) is 0 Å². The SMILES string of the molecule is CC[C@H](Oc1cc(C)ccc1C)C(=O)Nc1nc(C)cs1. The summed E-state index contributed by atoms with van der Waals surface area (Å²) in [6.07, 6.45) is 0.0820. The van der Waals surface area contributed by atoms with Crippen molar-refractivity contribution in [3.63, 3.8) is 0 Å². The number of aryl methyl sites for hydroxylation is 3. The first-order valence-electron chi connectivity index (χ1n) is 6.96. The zero-order chi connectivity index (χ0) is 15.4. The van der Waals surface area contributed by atoms with Crippen LogP contribution in [0.3, 0.4) is 0 Å². The molecule has 112 valence electrons. The average molecular weight is 304 g/mol. The molecule has 0 spiro atoms. The van der Waals surface area contributed by atoms with Gasteiger partial charge in [-0.05, 0) is 44.4 Å². The van der Waals surface area contributed by atoms with E-state index < -0.39 is 6.10 Å². The zero-order valence-electron chi connectivity index (χ0n) is 12.8. The summed E-state index contributed by atoms with van der Waals surface area (Å²) in [7, 11) is 0. The molecule has 5 heteroatoms. The molecule has 0 bridgehead atoms. The van der Waals surface area contributed by atoms with Crippen LogP contribution in [0, 0.1) is 20.8 Å². The Hall–Kier alpha value is -1.88. The molecule has 0 unspecified atom stereocenters. The van der Waals surface area contributed by atoms with E-state index in [0.29, 0.717) is 11.6 Å². The molecule has 1 aromatic heterocycles. The molecular weight excluding hydrogens is 284 g/mol. The lowest BCUT2D eigenvalue weighted by molar-refractivity contribution is -0.122. The molecule has 0 aliphatic rings. The Morgan fingerprint density at radius 3 is 2.76 bits per heavy atom. The third-order valence-corrected chi connectivity index (χ3v) is 4.00. The van der Waals surface area contributed by atoms with Crippen molar-refractivity contribution in [2.45, 2.75) is 40.2 Å². The number of thiazole rings is 1. The van der Waals surface area contributed by atoms with Gasteiger partial charge in [-0.15, -0.1) is 11.3 Å². The van der Waals surface area contributed by atoms with E-state index in [1.54, 1.807) is 0 Å². The number of amides is 1. The summed E-state index contributed by atoms with van der Waals surface area (Å²) in [5.74, 6) is 0.597. The van der Waals surface area contributed by atoms with Gasteiger partial charge in [-0.25, -0.2) is 4.98 Å². The van der Waals surface area contributed by atoms with Crippen LogP contribution >= 0.6 is 11.3 Å². The molecule has 21 heavy (non-hydrogen) atoms. The lowest BCUT2D eigenvalue weighted by Crippen LogP contribution is -2.32. The number of nitrogens with zero attached hydrogens (tertiary/aromatic N) is 1. The second-order valence-electron chi connectivity index (χ2n) is 5.07. The lowest BCUT2D eigenvalue weighted by Gasteiger charge is -2.18. The maximum atomic E-state index is 12.3. The van der Waals surface area contributed by atoms with Crippen LogP contribution in [0.15, 0.2) is 23.6 Å². The molecule has 0 aliphatic heterocycles. The monoisotopic (exact) mass is 304 g/mol. The second-order valence-corrected chi connectivity index (χ2v) is 5.93. The number of carbonyl (C=O) groups is 1. The summed E-state index contributed by atoms with van der Waals surface area (Å²) in [6, 6.07) is 5.99. The van der Waals surface area contributed by atoms with Crippen molar-refractivity contribution >= 4 is 22.4 Å². The normalized spacial score (nSPS) is 12.0. The molecule has 0 radical (unpaired) electrons. The Morgan fingerprint density at radius 1 is 1.38 bits per heavy atom. The van der Waals surface area contributed by atoms with Crippen LogP contribution in [0.1, 0.15) is 30.2 Å². The number of benzene rings is 1. The highest BCUT2D eigenvalue weighted by atomic mass is 32.1. The Kier molecular flexibility index (Phi) is 4.96. The van der Waals surface area contributed by atoms with E-state index in [1.807, 2.05) is 51.3 Å². The fraction of sp³-hybridized carbons (Fsp3) is 0.375. The van der Waals surface area contributed by atoms with E-state index in [9.17, 15) is 4.79 Å². The number of rotatable bonds is 5. The quantitative estimate of drug-likeness (QED) is 0.912. The van der Waals surface area contributed by atoms with Gasteiger partial charge in [-0.1, -0.05) is 19.1 Å². The fourth-order valence-electron chi connectivity index (χ4n) is 1.91.